The molecule has 0 aliphatic rings. The molecular weight excluding hydrogens is 284 g/mol. The van der Waals surface area contributed by atoms with Crippen molar-refractivity contribution in [3.8, 4) is 0 Å². The van der Waals surface area contributed by atoms with Crippen LogP contribution < -0.4 is 0 Å². The number of aliphatic hydroxyl groups excluding tert-OH is 1. The number of thiophene rings is 1. The first kappa shape index (κ1) is 10.2. The van der Waals surface area contributed by atoms with Crippen LogP contribution in [0.4, 0.5) is 0 Å². The summed E-state index contributed by atoms with van der Waals surface area (Å²) in [5.74, 6) is 0. The molecule has 0 aliphatic heterocycles. The largest absolute Gasteiger partial charge is 0.387 e. The Bertz CT molecular complexity index is 401. The fourth-order valence-electron chi connectivity index (χ4n) is 1.07. The average molecular weight is 291 g/mol. The predicted molar refractivity (Wildman–Crippen MR) is 60.6 cm³/mol. The minimum Gasteiger partial charge on any atom is -0.387 e. The van der Waals surface area contributed by atoms with Gasteiger partial charge in [0.15, 0.2) is 0 Å². The normalized spacial score (nSPS) is 13.0. The van der Waals surface area contributed by atoms with Gasteiger partial charge in [0.05, 0.1) is 17.2 Å². The third-order valence-corrected chi connectivity index (χ3v) is 4.49. The van der Waals surface area contributed by atoms with Gasteiger partial charge in [0.25, 0.3) is 0 Å². The third-order valence-electron chi connectivity index (χ3n) is 1.78. The van der Waals surface area contributed by atoms with Crippen molar-refractivity contribution in [2.45, 2.75) is 12.5 Å². The van der Waals surface area contributed by atoms with E-state index in [2.05, 4.69) is 25.5 Å². The summed E-state index contributed by atoms with van der Waals surface area (Å²) in [6.45, 7) is 0. The molecular formula is C8H7BrN2OS2. The van der Waals surface area contributed by atoms with E-state index in [1.165, 1.54) is 11.5 Å². The maximum Gasteiger partial charge on any atom is 0.0962 e. The van der Waals surface area contributed by atoms with Crippen molar-refractivity contribution in [3.63, 3.8) is 0 Å². The fraction of sp³-hybridized carbons (Fsp3) is 0.250. The van der Waals surface area contributed by atoms with E-state index in [4.69, 9.17) is 0 Å². The van der Waals surface area contributed by atoms with Gasteiger partial charge in [0.1, 0.15) is 0 Å². The first-order valence-electron chi connectivity index (χ1n) is 3.94. The van der Waals surface area contributed by atoms with Crippen LogP contribution in [0.25, 0.3) is 0 Å². The zero-order chi connectivity index (χ0) is 9.97. The van der Waals surface area contributed by atoms with Crippen LogP contribution in [0.5, 0.6) is 0 Å². The van der Waals surface area contributed by atoms with Crippen LogP contribution in [0, 0.1) is 0 Å². The van der Waals surface area contributed by atoms with E-state index in [1.807, 2.05) is 11.4 Å². The Hall–Kier alpha value is -0.300. The van der Waals surface area contributed by atoms with Crippen LogP contribution in [0.1, 0.15) is 15.9 Å². The standard InChI is InChI=1S/C8H7BrN2OS2/c9-5-1-2-13-7(5)3-6(12)8-4-10-11-14-8/h1-2,4,6,12H,3H2. The van der Waals surface area contributed by atoms with E-state index >= 15 is 0 Å². The number of nitrogens with zero attached hydrogens (tertiary/aromatic N) is 2. The summed E-state index contributed by atoms with van der Waals surface area (Å²) in [4.78, 5) is 1.95. The van der Waals surface area contributed by atoms with Gasteiger partial charge in [-0.3, -0.25) is 0 Å². The molecule has 0 radical (unpaired) electrons. The van der Waals surface area contributed by atoms with Gasteiger partial charge in [-0.05, 0) is 38.9 Å². The molecule has 2 aromatic rings. The second kappa shape index (κ2) is 4.48. The van der Waals surface area contributed by atoms with Crippen LogP contribution in [-0.2, 0) is 6.42 Å². The summed E-state index contributed by atoms with van der Waals surface area (Å²) in [5.41, 5.74) is 0. The predicted octanol–water partition coefficient (Wildman–Crippen LogP) is 2.64. The van der Waals surface area contributed by atoms with Crippen molar-refractivity contribution in [3.05, 3.63) is 31.9 Å². The van der Waals surface area contributed by atoms with Crippen molar-refractivity contribution >= 4 is 38.8 Å². The molecule has 0 aromatic carbocycles. The highest BCUT2D eigenvalue weighted by atomic mass is 79.9. The van der Waals surface area contributed by atoms with E-state index in [0.717, 1.165) is 14.2 Å². The Morgan fingerprint density at radius 3 is 3.00 bits per heavy atom. The molecule has 0 fully saturated rings. The Kier molecular flexibility index (Phi) is 3.27. The van der Waals surface area contributed by atoms with E-state index in [1.54, 1.807) is 17.5 Å². The number of rotatable bonds is 3. The second-order valence-electron chi connectivity index (χ2n) is 2.73. The zero-order valence-corrected chi connectivity index (χ0v) is 10.3. The quantitative estimate of drug-likeness (QED) is 0.945. The molecule has 2 aromatic heterocycles. The molecule has 2 heterocycles. The molecule has 14 heavy (non-hydrogen) atoms. The molecule has 0 bridgehead atoms. The zero-order valence-electron chi connectivity index (χ0n) is 7.05. The third kappa shape index (κ3) is 2.20. The Morgan fingerprint density at radius 1 is 1.57 bits per heavy atom. The van der Waals surface area contributed by atoms with Crippen molar-refractivity contribution in [2.24, 2.45) is 0 Å². The first-order valence-corrected chi connectivity index (χ1v) is 6.39. The van der Waals surface area contributed by atoms with Crippen molar-refractivity contribution in [1.29, 1.82) is 0 Å². The Labute approximate surface area is 97.7 Å². The van der Waals surface area contributed by atoms with Gasteiger partial charge in [0, 0.05) is 15.8 Å². The lowest BCUT2D eigenvalue weighted by molar-refractivity contribution is 0.183. The number of aromatic nitrogens is 2. The van der Waals surface area contributed by atoms with Gasteiger partial charge in [-0.25, -0.2) is 0 Å². The molecule has 74 valence electrons. The van der Waals surface area contributed by atoms with Crippen molar-refractivity contribution < 1.29 is 5.11 Å². The molecule has 1 atom stereocenters. The van der Waals surface area contributed by atoms with Gasteiger partial charge in [-0.2, -0.15) is 0 Å². The van der Waals surface area contributed by atoms with Crippen LogP contribution in [0.15, 0.2) is 22.1 Å². The molecule has 0 aliphatic carbocycles. The minimum atomic E-state index is -0.495. The molecule has 0 amide bonds. The molecule has 3 nitrogen and oxygen atoms in total. The summed E-state index contributed by atoms with van der Waals surface area (Å²) in [7, 11) is 0. The lowest BCUT2D eigenvalue weighted by Gasteiger charge is -2.05. The van der Waals surface area contributed by atoms with E-state index in [-0.39, 0.29) is 0 Å². The molecule has 6 heteroatoms. The SMILES string of the molecule is OC(Cc1sccc1Br)c1cnns1. The monoisotopic (exact) mass is 290 g/mol. The molecule has 1 N–H and O–H groups in total. The minimum absolute atomic E-state index is 0.495. The highest BCUT2D eigenvalue weighted by Crippen LogP contribution is 2.28. The average Bonchev–Trinajstić information content (AvgIpc) is 2.77. The number of hydrogen-bond acceptors (Lipinski definition) is 5. The Balaban J connectivity index is 2.09. The lowest BCUT2D eigenvalue weighted by Crippen LogP contribution is -1.98. The van der Waals surface area contributed by atoms with E-state index in [9.17, 15) is 5.11 Å². The smallest absolute Gasteiger partial charge is 0.0962 e. The summed E-state index contributed by atoms with van der Waals surface area (Å²) in [6.07, 6.45) is 1.73. The van der Waals surface area contributed by atoms with Gasteiger partial charge >= 0.3 is 0 Å². The fourth-order valence-corrected chi connectivity index (χ4v) is 3.11. The highest BCUT2D eigenvalue weighted by molar-refractivity contribution is 9.10. The van der Waals surface area contributed by atoms with Gasteiger partial charge in [-0.15, -0.1) is 16.4 Å². The first-order chi connectivity index (χ1) is 6.77. The van der Waals surface area contributed by atoms with Gasteiger partial charge in [-0.1, -0.05) is 4.49 Å². The molecule has 0 spiro atoms. The molecule has 0 saturated heterocycles. The summed E-state index contributed by atoms with van der Waals surface area (Å²) >= 11 is 6.30. The maximum atomic E-state index is 9.82. The van der Waals surface area contributed by atoms with Gasteiger partial charge < -0.3 is 5.11 Å². The summed E-state index contributed by atoms with van der Waals surface area (Å²) in [6, 6.07) is 1.98. The lowest BCUT2D eigenvalue weighted by atomic mass is 10.2. The second-order valence-corrected chi connectivity index (χ2v) is 5.40. The van der Waals surface area contributed by atoms with Crippen LogP contribution in [-0.4, -0.2) is 14.7 Å². The number of hydrogen-bond donors (Lipinski definition) is 1. The highest BCUT2D eigenvalue weighted by Gasteiger charge is 2.13. The van der Waals surface area contributed by atoms with Crippen LogP contribution in [0.2, 0.25) is 0 Å². The topological polar surface area (TPSA) is 46.0 Å². The molecule has 2 rings (SSSR count). The van der Waals surface area contributed by atoms with Gasteiger partial charge in [0.2, 0.25) is 0 Å². The van der Waals surface area contributed by atoms with Crippen molar-refractivity contribution in [1.82, 2.24) is 9.59 Å². The Morgan fingerprint density at radius 2 is 2.43 bits per heavy atom. The summed E-state index contributed by atoms with van der Waals surface area (Å²) in [5, 5.41) is 15.5. The molecule has 0 saturated carbocycles. The molecule has 1 unspecified atom stereocenters. The summed E-state index contributed by atoms with van der Waals surface area (Å²) < 4.78 is 4.77. The number of aliphatic hydroxyl groups is 1. The van der Waals surface area contributed by atoms with E-state index < -0.39 is 6.10 Å². The maximum absolute atomic E-state index is 9.82. The van der Waals surface area contributed by atoms with Crippen molar-refractivity contribution in [2.75, 3.05) is 0 Å². The van der Waals surface area contributed by atoms with Crippen LogP contribution >= 0.6 is 38.8 Å². The number of halogens is 1. The van der Waals surface area contributed by atoms with Crippen LogP contribution in [0.3, 0.4) is 0 Å². The van der Waals surface area contributed by atoms with E-state index in [0.29, 0.717) is 6.42 Å².